The lowest BCUT2D eigenvalue weighted by Crippen LogP contribution is -2.17. The van der Waals surface area contributed by atoms with E-state index in [1.54, 1.807) is 0 Å². The van der Waals surface area contributed by atoms with Crippen LogP contribution < -0.4 is 9.47 Å². The fourth-order valence-corrected chi connectivity index (χ4v) is 2.02. The van der Waals surface area contributed by atoms with Crippen LogP contribution in [0, 0.1) is 0 Å². The Labute approximate surface area is 135 Å². The first-order valence-corrected chi connectivity index (χ1v) is 6.48. The zero-order valence-electron chi connectivity index (χ0n) is 12.0. The van der Waals surface area contributed by atoms with E-state index >= 15 is 0 Å². The molecule has 0 amide bonds. The molecule has 0 saturated heterocycles. The SMILES string of the molecule is FC(F)Oc1cc(C(F)(F)F)ccc1-c1ccccc1OC(F)(F)F. The second-order valence-electron chi connectivity index (χ2n) is 4.63. The van der Waals surface area contributed by atoms with Crippen LogP contribution >= 0.6 is 0 Å². The van der Waals surface area contributed by atoms with Crippen LogP contribution in [-0.4, -0.2) is 13.0 Å². The van der Waals surface area contributed by atoms with E-state index in [1.165, 1.54) is 12.1 Å². The third-order valence-electron chi connectivity index (χ3n) is 2.93. The lowest BCUT2D eigenvalue weighted by molar-refractivity contribution is -0.274. The molecule has 2 nitrogen and oxygen atoms in total. The Morgan fingerprint density at radius 3 is 1.92 bits per heavy atom. The molecule has 2 aromatic carbocycles. The van der Waals surface area contributed by atoms with E-state index in [-0.39, 0.29) is 11.6 Å². The van der Waals surface area contributed by atoms with Crippen molar-refractivity contribution in [3.05, 3.63) is 48.0 Å². The zero-order valence-corrected chi connectivity index (χ0v) is 12.0. The predicted molar refractivity (Wildman–Crippen MR) is 70.2 cm³/mol. The molecule has 2 rings (SSSR count). The summed E-state index contributed by atoms with van der Waals surface area (Å²) in [6, 6.07) is 5.97. The van der Waals surface area contributed by atoms with Gasteiger partial charge in [-0.3, -0.25) is 0 Å². The van der Waals surface area contributed by atoms with Gasteiger partial charge in [-0.05, 0) is 24.3 Å². The largest absolute Gasteiger partial charge is 0.573 e. The van der Waals surface area contributed by atoms with Crippen molar-refractivity contribution in [1.29, 1.82) is 0 Å². The molecule has 0 aliphatic rings. The summed E-state index contributed by atoms with van der Waals surface area (Å²) in [7, 11) is 0. The minimum absolute atomic E-state index is 0.284. The number of ether oxygens (including phenoxy) is 2. The zero-order chi connectivity index (χ0) is 18.8. The lowest BCUT2D eigenvalue weighted by atomic mass is 10.0. The molecule has 0 spiro atoms. The van der Waals surface area contributed by atoms with E-state index in [0.717, 1.165) is 18.2 Å². The van der Waals surface area contributed by atoms with Crippen molar-refractivity contribution in [3.8, 4) is 22.6 Å². The highest BCUT2D eigenvalue weighted by Crippen LogP contribution is 2.41. The number of alkyl halides is 8. The standard InChI is InChI=1S/C15H8F8O2/c16-13(17)24-12-7-8(14(18,19)20)5-6-10(12)9-3-1-2-4-11(9)25-15(21,22)23/h1-7,13H. The average Bonchev–Trinajstić information content (AvgIpc) is 2.45. The van der Waals surface area contributed by atoms with Gasteiger partial charge in [-0.2, -0.15) is 22.0 Å². The number of para-hydroxylation sites is 1. The molecule has 2 aromatic rings. The average molecular weight is 372 g/mol. The van der Waals surface area contributed by atoms with Crippen LogP contribution in [0.4, 0.5) is 35.1 Å². The van der Waals surface area contributed by atoms with Crippen LogP contribution in [-0.2, 0) is 6.18 Å². The van der Waals surface area contributed by atoms with E-state index < -0.39 is 41.8 Å². The molecule has 0 aliphatic carbocycles. The number of hydrogen-bond donors (Lipinski definition) is 0. The maximum Gasteiger partial charge on any atom is 0.573 e. The van der Waals surface area contributed by atoms with Crippen molar-refractivity contribution in [3.63, 3.8) is 0 Å². The van der Waals surface area contributed by atoms with Crippen LogP contribution in [0.2, 0.25) is 0 Å². The van der Waals surface area contributed by atoms with Crippen molar-refractivity contribution in [1.82, 2.24) is 0 Å². The Morgan fingerprint density at radius 2 is 1.36 bits per heavy atom. The van der Waals surface area contributed by atoms with Crippen molar-refractivity contribution in [2.75, 3.05) is 0 Å². The quantitative estimate of drug-likeness (QED) is 0.625. The second kappa shape index (κ2) is 6.77. The third kappa shape index (κ3) is 4.97. The summed E-state index contributed by atoms with van der Waals surface area (Å²) in [5.41, 5.74) is -2.06. The van der Waals surface area contributed by atoms with Gasteiger partial charge < -0.3 is 9.47 Å². The molecule has 0 atom stereocenters. The Balaban J connectivity index is 2.59. The smallest absolute Gasteiger partial charge is 0.434 e. The summed E-state index contributed by atoms with van der Waals surface area (Å²) in [6.07, 6.45) is -9.92. The van der Waals surface area contributed by atoms with E-state index in [1.807, 2.05) is 0 Å². The minimum atomic E-state index is -5.08. The van der Waals surface area contributed by atoms with Gasteiger partial charge in [-0.25, -0.2) is 0 Å². The monoisotopic (exact) mass is 372 g/mol. The van der Waals surface area contributed by atoms with Gasteiger partial charge in [0.15, 0.2) is 0 Å². The van der Waals surface area contributed by atoms with Crippen molar-refractivity contribution in [2.45, 2.75) is 19.2 Å². The molecule has 0 fully saturated rings. The Kier molecular flexibility index (Phi) is 5.09. The topological polar surface area (TPSA) is 18.5 Å². The maximum absolute atomic E-state index is 12.7. The second-order valence-corrected chi connectivity index (χ2v) is 4.63. The summed E-state index contributed by atoms with van der Waals surface area (Å²) < 4.78 is 108. The molecule has 0 N–H and O–H groups in total. The summed E-state index contributed by atoms with van der Waals surface area (Å²) in [5, 5.41) is 0. The van der Waals surface area contributed by atoms with Gasteiger partial charge in [0.1, 0.15) is 11.5 Å². The van der Waals surface area contributed by atoms with Gasteiger partial charge in [0.25, 0.3) is 0 Å². The highest BCUT2D eigenvalue weighted by atomic mass is 19.4. The van der Waals surface area contributed by atoms with Gasteiger partial charge in [0.05, 0.1) is 5.56 Å². The van der Waals surface area contributed by atoms with Crippen LogP contribution in [0.3, 0.4) is 0 Å². The molecule has 0 radical (unpaired) electrons. The van der Waals surface area contributed by atoms with E-state index in [4.69, 9.17) is 0 Å². The highest BCUT2D eigenvalue weighted by Gasteiger charge is 2.34. The normalized spacial score (nSPS) is 12.4. The fourth-order valence-electron chi connectivity index (χ4n) is 2.02. The van der Waals surface area contributed by atoms with Gasteiger partial charge in [-0.15, -0.1) is 13.2 Å². The predicted octanol–water partition coefficient (Wildman–Crippen LogP) is 5.87. The summed E-state index contributed by atoms with van der Waals surface area (Å²) in [4.78, 5) is 0. The van der Waals surface area contributed by atoms with Gasteiger partial charge in [-0.1, -0.05) is 18.2 Å². The van der Waals surface area contributed by atoms with E-state index in [9.17, 15) is 35.1 Å². The molecule has 136 valence electrons. The molecule has 0 aromatic heterocycles. The summed E-state index contributed by atoms with van der Waals surface area (Å²) >= 11 is 0. The Bertz CT molecular complexity index is 737. The summed E-state index contributed by atoms with van der Waals surface area (Å²) in [6.45, 7) is -3.47. The molecular formula is C15H8F8O2. The van der Waals surface area contributed by atoms with E-state index in [0.29, 0.717) is 6.07 Å². The first-order chi connectivity index (χ1) is 11.5. The molecule has 0 aliphatic heterocycles. The molecule has 0 bridgehead atoms. The van der Waals surface area contributed by atoms with Crippen LogP contribution in [0.15, 0.2) is 42.5 Å². The molecule has 10 heteroatoms. The highest BCUT2D eigenvalue weighted by molar-refractivity contribution is 5.76. The maximum atomic E-state index is 12.7. The van der Waals surface area contributed by atoms with Gasteiger partial charge in [0, 0.05) is 11.1 Å². The number of hydrogen-bond acceptors (Lipinski definition) is 2. The molecular weight excluding hydrogens is 364 g/mol. The van der Waals surface area contributed by atoms with Crippen LogP contribution in [0.1, 0.15) is 5.56 Å². The van der Waals surface area contributed by atoms with Crippen LogP contribution in [0.5, 0.6) is 11.5 Å². The minimum Gasteiger partial charge on any atom is -0.434 e. The third-order valence-corrected chi connectivity index (χ3v) is 2.93. The van der Waals surface area contributed by atoms with Gasteiger partial charge in [0.2, 0.25) is 0 Å². The molecule has 25 heavy (non-hydrogen) atoms. The van der Waals surface area contributed by atoms with Gasteiger partial charge >= 0.3 is 19.2 Å². The number of benzene rings is 2. The first kappa shape index (κ1) is 18.8. The fraction of sp³-hybridized carbons (Fsp3) is 0.200. The molecule has 0 unspecified atom stereocenters. The summed E-state index contributed by atoms with van der Waals surface area (Å²) in [5.74, 6) is -1.70. The van der Waals surface area contributed by atoms with Crippen molar-refractivity contribution < 1.29 is 44.6 Å². The van der Waals surface area contributed by atoms with Crippen molar-refractivity contribution >= 4 is 0 Å². The first-order valence-electron chi connectivity index (χ1n) is 6.48. The van der Waals surface area contributed by atoms with E-state index in [2.05, 4.69) is 9.47 Å². The molecule has 0 saturated carbocycles. The Hall–Kier alpha value is -2.52. The number of halogens is 8. The Morgan fingerprint density at radius 1 is 0.760 bits per heavy atom. The lowest BCUT2D eigenvalue weighted by Gasteiger charge is -2.17. The molecule has 0 heterocycles. The van der Waals surface area contributed by atoms with Crippen molar-refractivity contribution in [2.24, 2.45) is 0 Å². The van der Waals surface area contributed by atoms with Crippen LogP contribution in [0.25, 0.3) is 11.1 Å². The number of rotatable bonds is 4.